The molecule has 0 spiro atoms. The van der Waals surface area contributed by atoms with E-state index in [1.807, 2.05) is 66.7 Å². The number of ether oxygens (including phenoxy) is 4. The summed E-state index contributed by atoms with van der Waals surface area (Å²) < 4.78 is 24.2. The number of allylic oxidation sites excluding steroid dienone is 1. The number of methoxy groups -OCH3 is 2. The molecule has 9 heteroatoms. The Labute approximate surface area is 241 Å². The van der Waals surface area contributed by atoms with Gasteiger partial charge in [0.25, 0.3) is 5.56 Å². The SMILES string of the molecule is CCOC(=O)C1=C(C)N=c2s/c(=C\c3ccc(OCc4ccccc4)cc3)c(=O)n2C1c1ccc(OC)c(OC)c1. The minimum Gasteiger partial charge on any atom is -0.493 e. The predicted octanol–water partition coefficient (Wildman–Crippen LogP) is 4.39. The van der Waals surface area contributed by atoms with Crippen LogP contribution in [0.2, 0.25) is 0 Å². The maximum absolute atomic E-state index is 13.9. The molecule has 8 nitrogen and oxygen atoms in total. The van der Waals surface area contributed by atoms with Gasteiger partial charge in [-0.1, -0.05) is 59.9 Å². The topological polar surface area (TPSA) is 88.4 Å². The zero-order chi connectivity index (χ0) is 28.9. The number of benzene rings is 3. The summed E-state index contributed by atoms with van der Waals surface area (Å²) in [4.78, 5) is 32.1. The van der Waals surface area contributed by atoms with Gasteiger partial charge in [-0.15, -0.1) is 0 Å². The van der Waals surface area contributed by atoms with E-state index in [1.165, 1.54) is 11.3 Å². The number of fused-ring (bicyclic) bond motifs is 1. The summed E-state index contributed by atoms with van der Waals surface area (Å²) >= 11 is 1.27. The Morgan fingerprint density at radius 3 is 2.41 bits per heavy atom. The number of carbonyl (C=O) groups is 1. The number of carbonyl (C=O) groups excluding carboxylic acids is 1. The van der Waals surface area contributed by atoms with Crippen molar-refractivity contribution in [3.8, 4) is 17.2 Å². The van der Waals surface area contributed by atoms with Crippen molar-refractivity contribution < 1.29 is 23.7 Å². The van der Waals surface area contributed by atoms with Gasteiger partial charge in [0, 0.05) is 0 Å². The molecule has 1 aromatic heterocycles. The maximum atomic E-state index is 13.9. The van der Waals surface area contributed by atoms with Crippen molar-refractivity contribution in [1.82, 2.24) is 4.57 Å². The van der Waals surface area contributed by atoms with Crippen molar-refractivity contribution in [3.63, 3.8) is 0 Å². The average molecular weight is 571 g/mol. The van der Waals surface area contributed by atoms with Gasteiger partial charge in [-0.05, 0) is 60.9 Å². The first-order valence-corrected chi connectivity index (χ1v) is 13.9. The van der Waals surface area contributed by atoms with Crippen LogP contribution in [0, 0.1) is 0 Å². The largest absolute Gasteiger partial charge is 0.493 e. The van der Waals surface area contributed by atoms with Crippen LogP contribution in [0.1, 0.15) is 36.6 Å². The molecule has 0 saturated carbocycles. The zero-order valence-corrected chi connectivity index (χ0v) is 24.1. The van der Waals surface area contributed by atoms with E-state index in [9.17, 15) is 9.59 Å². The van der Waals surface area contributed by atoms with Gasteiger partial charge < -0.3 is 18.9 Å². The highest BCUT2D eigenvalue weighted by Crippen LogP contribution is 2.36. The maximum Gasteiger partial charge on any atom is 0.338 e. The van der Waals surface area contributed by atoms with Crippen LogP contribution in [-0.2, 0) is 16.1 Å². The monoisotopic (exact) mass is 570 g/mol. The van der Waals surface area contributed by atoms with Gasteiger partial charge in [-0.25, -0.2) is 9.79 Å². The molecule has 1 unspecified atom stereocenters. The molecule has 0 aliphatic carbocycles. The molecule has 210 valence electrons. The summed E-state index contributed by atoms with van der Waals surface area (Å²) in [5, 5.41) is 0. The highest BCUT2D eigenvalue weighted by Gasteiger charge is 2.33. The molecule has 4 aromatic rings. The molecule has 1 atom stereocenters. The third kappa shape index (κ3) is 5.81. The standard InChI is InChI=1S/C32H30N2O6S/c1-5-39-31(36)28-20(2)33-32-34(29(28)23-13-16-25(37-3)26(18-23)38-4)30(35)27(41-32)17-21-11-14-24(15-12-21)40-19-22-9-7-6-8-10-22/h6-18,29H,5,19H2,1-4H3/b27-17-. The molecule has 3 aromatic carbocycles. The molecular formula is C32H30N2O6S. The number of esters is 1. The van der Waals surface area contributed by atoms with E-state index >= 15 is 0 Å². The van der Waals surface area contributed by atoms with Gasteiger partial charge in [0.1, 0.15) is 12.4 Å². The molecule has 0 amide bonds. The second-order valence-corrected chi connectivity index (χ2v) is 10.3. The molecular weight excluding hydrogens is 540 g/mol. The lowest BCUT2D eigenvalue weighted by atomic mass is 9.95. The first kappa shape index (κ1) is 27.9. The van der Waals surface area contributed by atoms with Crippen LogP contribution in [0.15, 0.2) is 93.9 Å². The quantitative estimate of drug-likeness (QED) is 0.277. The van der Waals surface area contributed by atoms with Crippen molar-refractivity contribution in [3.05, 3.63) is 120 Å². The fourth-order valence-corrected chi connectivity index (χ4v) is 5.73. The van der Waals surface area contributed by atoms with E-state index in [4.69, 9.17) is 18.9 Å². The fraction of sp³-hybridized carbons (Fsp3) is 0.219. The summed E-state index contributed by atoms with van der Waals surface area (Å²) in [6.07, 6.45) is 1.82. The number of hydrogen-bond donors (Lipinski definition) is 0. The second kappa shape index (κ2) is 12.3. The Bertz CT molecular complexity index is 1770. The molecule has 1 aliphatic heterocycles. The Morgan fingerprint density at radius 2 is 1.73 bits per heavy atom. The molecule has 0 bridgehead atoms. The molecule has 2 heterocycles. The lowest BCUT2D eigenvalue weighted by Gasteiger charge is -2.25. The highest BCUT2D eigenvalue weighted by atomic mass is 32.1. The van der Waals surface area contributed by atoms with Crippen molar-refractivity contribution >= 4 is 23.4 Å². The number of rotatable bonds is 9. The predicted molar refractivity (Wildman–Crippen MR) is 157 cm³/mol. The van der Waals surface area contributed by atoms with E-state index in [0.717, 1.165) is 16.9 Å². The van der Waals surface area contributed by atoms with E-state index < -0.39 is 12.0 Å². The fourth-order valence-electron chi connectivity index (χ4n) is 4.68. The van der Waals surface area contributed by atoms with Crippen molar-refractivity contribution in [2.75, 3.05) is 20.8 Å². The van der Waals surface area contributed by atoms with Crippen molar-refractivity contribution in [2.45, 2.75) is 26.5 Å². The summed E-state index contributed by atoms with van der Waals surface area (Å²) in [5.41, 5.74) is 3.14. The van der Waals surface area contributed by atoms with Crippen LogP contribution in [0.4, 0.5) is 0 Å². The van der Waals surface area contributed by atoms with Gasteiger partial charge >= 0.3 is 5.97 Å². The lowest BCUT2D eigenvalue weighted by molar-refractivity contribution is -0.139. The minimum absolute atomic E-state index is 0.198. The summed E-state index contributed by atoms with van der Waals surface area (Å²) in [7, 11) is 3.09. The van der Waals surface area contributed by atoms with Crippen molar-refractivity contribution in [1.29, 1.82) is 0 Å². The normalized spacial score (nSPS) is 14.7. The summed E-state index contributed by atoms with van der Waals surface area (Å²) in [5.74, 6) is 1.24. The van der Waals surface area contributed by atoms with Crippen LogP contribution >= 0.6 is 11.3 Å². The van der Waals surface area contributed by atoms with Crippen LogP contribution in [0.5, 0.6) is 17.2 Å². The number of nitrogens with zero attached hydrogens (tertiary/aromatic N) is 2. The van der Waals surface area contributed by atoms with Gasteiger partial charge in [0.15, 0.2) is 16.3 Å². The van der Waals surface area contributed by atoms with Crippen LogP contribution in [0.3, 0.4) is 0 Å². The Morgan fingerprint density at radius 1 is 1.00 bits per heavy atom. The third-order valence-electron chi connectivity index (χ3n) is 6.67. The second-order valence-electron chi connectivity index (χ2n) is 9.26. The average Bonchev–Trinajstić information content (AvgIpc) is 3.30. The van der Waals surface area contributed by atoms with Crippen LogP contribution in [0.25, 0.3) is 6.08 Å². The lowest BCUT2D eigenvalue weighted by Crippen LogP contribution is -2.39. The molecule has 0 N–H and O–H groups in total. The summed E-state index contributed by atoms with van der Waals surface area (Å²) in [6.45, 7) is 4.17. The molecule has 41 heavy (non-hydrogen) atoms. The highest BCUT2D eigenvalue weighted by molar-refractivity contribution is 7.07. The van der Waals surface area contributed by atoms with E-state index in [-0.39, 0.29) is 12.2 Å². The Hall–Kier alpha value is -4.63. The van der Waals surface area contributed by atoms with Crippen molar-refractivity contribution in [2.24, 2.45) is 4.99 Å². The number of thiazole rings is 1. The zero-order valence-electron chi connectivity index (χ0n) is 23.2. The Kier molecular flexibility index (Phi) is 8.35. The summed E-state index contributed by atoms with van der Waals surface area (Å²) in [6, 6.07) is 22.1. The van der Waals surface area contributed by atoms with Crippen LogP contribution < -0.4 is 29.1 Å². The third-order valence-corrected chi connectivity index (χ3v) is 7.65. The van der Waals surface area contributed by atoms with Gasteiger partial charge in [0.05, 0.1) is 42.7 Å². The molecule has 0 saturated heterocycles. The van der Waals surface area contributed by atoms with Gasteiger partial charge in [-0.3, -0.25) is 9.36 Å². The molecule has 5 rings (SSSR count). The first-order chi connectivity index (χ1) is 19.9. The van der Waals surface area contributed by atoms with E-state index in [1.54, 1.807) is 44.8 Å². The first-order valence-electron chi connectivity index (χ1n) is 13.1. The van der Waals surface area contributed by atoms with E-state index in [0.29, 0.717) is 44.3 Å². The molecule has 0 radical (unpaired) electrons. The van der Waals surface area contributed by atoms with Crippen LogP contribution in [-0.4, -0.2) is 31.4 Å². The molecule has 0 fully saturated rings. The van der Waals surface area contributed by atoms with Gasteiger partial charge in [0.2, 0.25) is 0 Å². The smallest absolute Gasteiger partial charge is 0.338 e. The van der Waals surface area contributed by atoms with E-state index in [2.05, 4.69) is 4.99 Å². The molecule has 1 aliphatic rings. The number of hydrogen-bond acceptors (Lipinski definition) is 8. The minimum atomic E-state index is -0.749. The van der Waals surface area contributed by atoms with Gasteiger partial charge in [-0.2, -0.15) is 0 Å². The number of aromatic nitrogens is 1. The Balaban J connectivity index is 1.54.